The quantitative estimate of drug-likeness (QED) is 0.109. The molecule has 0 bridgehead atoms. The zero-order valence-corrected chi connectivity index (χ0v) is 23.5. The third-order valence-corrected chi connectivity index (χ3v) is 8.50. The first-order valence-corrected chi connectivity index (χ1v) is 14.6. The molecule has 0 spiro atoms. The summed E-state index contributed by atoms with van der Waals surface area (Å²) in [5.74, 6) is -2.55. The Bertz CT molecular complexity index is 900. The summed E-state index contributed by atoms with van der Waals surface area (Å²) in [5.41, 5.74) is 4.73. The molecule has 12 nitrogen and oxygen atoms in total. The van der Waals surface area contributed by atoms with Crippen LogP contribution in [0.4, 0.5) is 0 Å². The highest BCUT2D eigenvalue weighted by Crippen LogP contribution is 2.23. The van der Waals surface area contributed by atoms with E-state index in [1.807, 2.05) is 17.3 Å². The minimum absolute atomic E-state index is 0.109. The van der Waals surface area contributed by atoms with Crippen molar-refractivity contribution in [2.45, 2.75) is 109 Å². The van der Waals surface area contributed by atoms with Gasteiger partial charge in [0.1, 0.15) is 12.6 Å². The highest BCUT2D eigenvalue weighted by atomic mass is 16.5. The number of hydrazine groups is 1. The van der Waals surface area contributed by atoms with Gasteiger partial charge >= 0.3 is 5.97 Å². The lowest BCUT2D eigenvalue weighted by Gasteiger charge is -2.42. The van der Waals surface area contributed by atoms with Crippen molar-refractivity contribution in [2.75, 3.05) is 13.1 Å². The molecule has 6 N–H and O–H groups in total. The van der Waals surface area contributed by atoms with E-state index in [0.29, 0.717) is 25.8 Å². The number of hydrogen-bond acceptors (Lipinski definition) is 7. The minimum atomic E-state index is -0.840. The molecule has 3 amide bonds. The molecule has 0 aliphatic carbocycles. The zero-order valence-electron chi connectivity index (χ0n) is 23.5. The average Bonchev–Trinajstić information content (AvgIpc) is 3.38. The highest BCUT2D eigenvalue weighted by Gasteiger charge is 2.47. The van der Waals surface area contributed by atoms with Gasteiger partial charge in [0, 0.05) is 25.3 Å². The number of fused-ring (bicyclic) bond motifs is 1. The van der Waals surface area contributed by atoms with Crippen LogP contribution < -0.4 is 21.2 Å². The van der Waals surface area contributed by atoms with Crippen LogP contribution in [-0.2, 0) is 19.2 Å². The molecule has 220 valence electrons. The monoisotopic (exact) mass is 551 g/mol. The topological polar surface area (TPSA) is 156 Å². The first kappa shape index (κ1) is 30.8. The molecule has 0 aromatic rings. The number of carboxylic acid groups (broad SMARTS) is 1. The number of carboxylic acids is 1. The van der Waals surface area contributed by atoms with E-state index in [1.165, 1.54) is 5.01 Å². The molecule has 7 unspecified atom stereocenters. The van der Waals surface area contributed by atoms with E-state index in [0.717, 1.165) is 50.1 Å². The second-order valence-electron chi connectivity index (χ2n) is 11.1. The number of nitrogens with zero attached hydrogens (tertiary/aromatic N) is 2. The number of carbonyl (C=O) groups excluding carboxylic acids is 3. The Morgan fingerprint density at radius 3 is 2.54 bits per heavy atom. The van der Waals surface area contributed by atoms with Gasteiger partial charge in [0.2, 0.25) is 17.7 Å². The molecule has 3 rings (SSSR count). The van der Waals surface area contributed by atoms with Crippen LogP contribution in [0.3, 0.4) is 0 Å². The van der Waals surface area contributed by atoms with Crippen LogP contribution in [0.25, 0.3) is 0 Å². The molecule has 0 saturated carbocycles. The number of quaternary nitrogens is 1. The first-order chi connectivity index (χ1) is 18.7. The van der Waals surface area contributed by atoms with Gasteiger partial charge in [-0.3, -0.25) is 24.6 Å². The van der Waals surface area contributed by atoms with Gasteiger partial charge in [0.05, 0.1) is 12.2 Å². The fraction of sp³-hybridized carbons (Fsp3) is 0.778. The molecular weight excluding hydrogens is 504 g/mol. The van der Waals surface area contributed by atoms with Gasteiger partial charge in [-0.1, -0.05) is 46.5 Å². The molecule has 3 aliphatic rings. The van der Waals surface area contributed by atoms with E-state index in [-0.39, 0.29) is 36.2 Å². The molecule has 3 heterocycles. The van der Waals surface area contributed by atoms with Crippen molar-refractivity contribution in [3.05, 3.63) is 12.3 Å². The lowest BCUT2D eigenvalue weighted by atomic mass is 9.91. The van der Waals surface area contributed by atoms with E-state index in [1.54, 1.807) is 5.48 Å². The summed E-state index contributed by atoms with van der Waals surface area (Å²) in [6, 6.07) is -1.67. The molecule has 2 saturated heterocycles. The number of hydroxylamine groups is 1. The summed E-state index contributed by atoms with van der Waals surface area (Å²) in [7, 11) is 0. The van der Waals surface area contributed by atoms with Crippen LogP contribution >= 0.6 is 0 Å². The Kier molecular flexibility index (Phi) is 11.6. The van der Waals surface area contributed by atoms with Gasteiger partial charge in [-0.2, -0.15) is 0 Å². The van der Waals surface area contributed by atoms with E-state index in [2.05, 4.69) is 31.5 Å². The van der Waals surface area contributed by atoms with Crippen molar-refractivity contribution >= 4 is 23.7 Å². The summed E-state index contributed by atoms with van der Waals surface area (Å²) < 4.78 is 0. The molecule has 0 aromatic heterocycles. The molecule has 12 heteroatoms. The minimum Gasteiger partial charge on any atom is -0.480 e. The van der Waals surface area contributed by atoms with Crippen molar-refractivity contribution in [2.24, 2.45) is 11.8 Å². The number of carbonyl (C=O) groups is 4. The molecule has 7 atom stereocenters. The van der Waals surface area contributed by atoms with Crippen LogP contribution in [0, 0.1) is 11.8 Å². The summed E-state index contributed by atoms with van der Waals surface area (Å²) in [6.45, 7) is 7.54. The van der Waals surface area contributed by atoms with E-state index < -0.39 is 29.9 Å². The predicted molar refractivity (Wildman–Crippen MR) is 143 cm³/mol. The second-order valence-corrected chi connectivity index (χ2v) is 11.1. The predicted octanol–water partition coefficient (Wildman–Crippen LogP) is 0.350. The van der Waals surface area contributed by atoms with Gasteiger partial charge in [-0.25, -0.2) is 25.7 Å². The summed E-state index contributed by atoms with van der Waals surface area (Å²) in [5, 5.41) is 26.3. The smallest absolute Gasteiger partial charge is 0.331 e. The number of aliphatic carboxylic acids is 1. The largest absolute Gasteiger partial charge is 0.480 e. The maximum Gasteiger partial charge on any atom is 0.331 e. The fourth-order valence-corrected chi connectivity index (χ4v) is 6.08. The third kappa shape index (κ3) is 7.49. The van der Waals surface area contributed by atoms with Gasteiger partial charge < -0.3 is 10.4 Å². The number of hydrogen-bond donors (Lipinski definition) is 6. The van der Waals surface area contributed by atoms with Crippen LogP contribution in [0.1, 0.15) is 85.0 Å². The van der Waals surface area contributed by atoms with Gasteiger partial charge in [0.15, 0.2) is 12.1 Å². The van der Waals surface area contributed by atoms with E-state index >= 15 is 0 Å². The lowest BCUT2D eigenvalue weighted by molar-refractivity contribution is -1.03. The SMILES string of the molecule is CCCCCC(CC(=O)NO)C(=O)N1NCCCC1C(=O)NC(C(C)CC)C1C=CN2C(C(=O)O)CCC[NH+]12. The molecule has 39 heavy (non-hydrogen) atoms. The Morgan fingerprint density at radius 2 is 1.87 bits per heavy atom. The summed E-state index contributed by atoms with van der Waals surface area (Å²) in [6.07, 6.45) is 10.3. The van der Waals surface area contributed by atoms with Gasteiger partial charge in [-0.05, 0) is 37.7 Å². The van der Waals surface area contributed by atoms with Crippen LogP contribution in [0.5, 0.6) is 0 Å². The Morgan fingerprint density at radius 1 is 1.13 bits per heavy atom. The van der Waals surface area contributed by atoms with E-state index in [4.69, 9.17) is 5.21 Å². The molecule has 0 radical (unpaired) electrons. The van der Waals surface area contributed by atoms with E-state index in [9.17, 15) is 24.3 Å². The first-order valence-electron chi connectivity index (χ1n) is 14.6. The van der Waals surface area contributed by atoms with Crippen molar-refractivity contribution in [3.8, 4) is 0 Å². The summed E-state index contributed by atoms with van der Waals surface area (Å²) in [4.78, 5) is 51.2. The average molecular weight is 552 g/mol. The van der Waals surface area contributed by atoms with Crippen LogP contribution in [0.2, 0.25) is 0 Å². The standard InChI is InChI=1S/C27H46N6O6/c1-4-6-7-10-19(17-23(34)30-39)26(36)33-21(11-8-14-28-33)25(35)29-24(18(3)5-2)20-13-16-32-22(27(37)38)12-9-15-31(20)32/h13,16,18-22,24,28,39H,4-12,14-15,17H2,1-3H3,(H,29,35)(H,30,34)(H,37,38)/p+1. The number of amides is 3. The molecule has 3 aliphatic heterocycles. The fourth-order valence-electron chi connectivity index (χ4n) is 6.08. The summed E-state index contributed by atoms with van der Waals surface area (Å²) >= 11 is 0. The Labute approximate surface area is 231 Å². The molecule has 2 fully saturated rings. The van der Waals surface area contributed by atoms with Crippen molar-refractivity contribution in [1.82, 2.24) is 26.2 Å². The Hall–Kier alpha value is -2.70. The Balaban J connectivity index is 1.77. The number of unbranched alkanes of at least 4 members (excludes halogenated alkanes) is 2. The maximum atomic E-state index is 13.8. The van der Waals surface area contributed by atoms with Crippen molar-refractivity contribution in [1.29, 1.82) is 0 Å². The third-order valence-electron chi connectivity index (χ3n) is 8.50. The highest BCUT2D eigenvalue weighted by molar-refractivity contribution is 5.90. The lowest BCUT2D eigenvalue weighted by Crippen LogP contribution is -3.22. The number of nitrogens with one attached hydrogen (secondary N) is 4. The molecule has 0 aromatic carbocycles. The number of rotatable bonds is 13. The second kappa shape index (κ2) is 14.6. The van der Waals surface area contributed by atoms with Crippen molar-refractivity contribution < 1.29 is 34.5 Å². The van der Waals surface area contributed by atoms with Crippen LogP contribution in [0.15, 0.2) is 12.3 Å². The van der Waals surface area contributed by atoms with Gasteiger partial charge in [-0.15, -0.1) is 0 Å². The van der Waals surface area contributed by atoms with Crippen molar-refractivity contribution in [3.63, 3.8) is 0 Å². The molecular formula is C27H47N6O6+. The van der Waals surface area contributed by atoms with Gasteiger partial charge in [0.25, 0.3) is 0 Å². The van der Waals surface area contributed by atoms with Crippen LogP contribution in [-0.4, -0.2) is 81.3 Å². The normalized spacial score (nSPS) is 26.9. The zero-order chi connectivity index (χ0) is 28.5. The maximum absolute atomic E-state index is 13.8.